The molecule has 4 aromatic rings. The Labute approximate surface area is 205 Å². The molecule has 2 aromatic heterocycles. The van der Waals surface area contributed by atoms with Gasteiger partial charge >= 0.3 is 0 Å². The summed E-state index contributed by atoms with van der Waals surface area (Å²) in [5.41, 5.74) is 5.66. The number of carbonyl (C=O) groups excluding carboxylic acids is 2. The van der Waals surface area contributed by atoms with E-state index in [2.05, 4.69) is 30.8 Å². The molecule has 0 fully saturated rings. The summed E-state index contributed by atoms with van der Waals surface area (Å²) in [6, 6.07) is 8.03. The molecular formula is C25H22ClFN6O2. The number of Topliss-reactive ketones (excluding diaryl/α,β-unsaturated/α-hetero) is 1. The number of hydrogen-bond donors (Lipinski definition) is 3. The summed E-state index contributed by atoms with van der Waals surface area (Å²) in [7, 11) is 0. The van der Waals surface area contributed by atoms with Crippen molar-refractivity contribution < 1.29 is 14.0 Å². The van der Waals surface area contributed by atoms with Crippen molar-refractivity contribution in [2.75, 3.05) is 5.32 Å². The first kappa shape index (κ1) is 22.9. The van der Waals surface area contributed by atoms with Gasteiger partial charge in [-0.05, 0) is 61.1 Å². The fourth-order valence-electron chi connectivity index (χ4n) is 4.60. The third kappa shape index (κ3) is 4.23. The van der Waals surface area contributed by atoms with E-state index in [0.29, 0.717) is 29.0 Å². The van der Waals surface area contributed by atoms with E-state index in [4.69, 9.17) is 11.6 Å². The minimum Gasteiger partial charge on any atom is -0.363 e. The minimum absolute atomic E-state index is 0.0346. The highest BCUT2D eigenvalue weighted by atomic mass is 35.5. The van der Waals surface area contributed by atoms with Crippen molar-refractivity contribution >= 4 is 40.1 Å². The number of aromatic nitrogens is 4. The fraction of sp³-hybridized carbons (Fsp3) is 0.240. The van der Waals surface area contributed by atoms with E-state index in [-0.39, 0.29) is 28.4 Å². The molecule has 1 aliphatic carbocycles. The zero-order valence-electron chi connectivity index (χ0n) is 19.1. The van der Waals surface area contributed by atoms with Crippen LogP contribution in [-0.4, -0.2) is 31.9 Å². The van der Waals surface area contributed by atoms with Crippen molar-refractivity contribution in [1.29, 1.82) is 0 Å². The zero-order chi connectivity index (χ0) is 24.7. The number of nitrogens with zero attached hydrogens (tertiary/aromatic N) is 3. The summed E-state index contributed by atoms with van der Waals surface area (Å²) in [5.74, 6) is -0.352. The van der Waals surface area contributed by atoms with E-state index in [9.17, 15) is 14.0 Å². The van der Waals surface area contributed by atoms with Crippen molar-refractivity contribution in [1.82, 2.24) is 25.5 Å². The van der Waals surface area contributed by atoms with Gasteiger partial charge in [0.25, 0.3) is 5.91 Å². The van der Waals surface area contributed by atoms with Crippen molar-refractivity contribution in [3.63, 3.8) is 0 Å². The molecule has 8 nitrogen and oxygen atoms in total. The molecule has 0 bridgehead atoms. The van der Waals surface area contributed by atoms with Gasteiger partial charge in [-0.1, -0.05) is 29.8 Å². The first-order valence-electron chi connectivity index (χ1n) is 11.1. The number of ketones is 1. The maximum atomic E-state index is 13.4. The first-order chi connectivity index (χ1) is 16.8. The number of carbonyl (C=O) groups is 2. The SMILES string of the molecule is CC(=O)c1ccc2c(c1C)CC[C@@H]2NC(=O)c1ncnc2c(NCc3ccc(F)c(Cl)c3)n[nH]c12. The first-order valence-corrected chi connectivity index (χ1v) is 11.5. The molecule has 0 saturated carbocycles. The molecule has 178 valence electrons. The van der Waals surface area contributed by atoms with Gasteiger partial charge in [0.1, 0.15) is 23.2 Å². The Morgan fingerprint density at radius 2 is 2.06 bits per heavy atom. The van der Waals surface area contributed by atoms with E-state index < -0.39 is 5.82 Å². The molecule has 0 spiro atoms. The molecule has 2 heterocycles. The van der Waals surface area contributed by atoms with Gasteiger partial charge in [0.05, 0.1) is 11.1 Å². The highest BCUT2D eigenvalue weighted by Gasteiger charge is 2.28. The van der Waals surface area contributed by atoms with E-state index >= 15 is 0 Å². The summed E-state index contributed by atoms with van der Waals surface area (Å²) >= 11 is 5.85. The lowest BCUT2D eigenvalue weighted by Gasteiger charge is -2.15. The number of hydrogen-bond acceptors (Lipinski definition) is 6. The lowest BCUT2D eigenvalue weighted by atomic mass is 9.96. The second-order valence-electron chi connectivity index (χ2n) is 8.55. The quantitative estimate of drug-likeness (QED) is 0.337. The van der Waals surface area contributed by atoms with Crippen molar-refractivity contribution in [3.8, 4) is 0 Å². The monoisotopic (exact) mass is 492 g/mol. The van der Waals surface area contributed by atoms with Crippen LogP contribution in [0.4, 0.5) is 10.2 Å². The van der Waals surface area contributed by atoms with Crippen LogP contribution in [0.3, 0.4) is 0 Å². The number of H-pyrrole nitrogens is 1. The fourth-order valence-corrected chi connectivity index (χ4v) is 4.81. The summed E-state index contributed by atoms with van der Waals surface area (Å²) in [4.78, 5) is 33.5. The van der Waals surface area contributed by atoms with Crippen LogP contribution in [0.5, 0.6) is 0 Å². The van der Waals surface area contributed by atoms with Gasteiger partial charge in [0.15, 0.2) is 17.3 Å². The molecule has 1 aliphatic rings. The van der Waals surface area contributed by atoms with Gasteiger partial charge in [-0.25, -0.2) is 14.4 Å². The molecule has 2 aromatic carbocycles. The number of amides is 1. The molecule has 0 aliphatic heterocycles. The van der Waals surface area contributed by atoms with Gasteiger partial charge in [0, 0.05) is 12.1 Å². The molecule has 0 unspecified atom stereocenters. The van der Waals surface area contributed by atoms with Crippen LogP contribution in [-0.2, 0) is 13.0 Å². The average molecular weight is 493 g/mol. The average Bonchev–Trinajstić information content (AvgIpc) is 3.44. The van der Waals surface area contributed by atoms with Crippen molar-refractivity contribution in [2.45, 2.75) is 39.3 Å². The van der Waals surface area contributed by atoms with E-state index in [1.54, 1.807) is 13.0 Å². The molecule has 0 radical (unpaired) electrons. The smallest absolute Gasteiger partial charge is 0.272 e. The topological polar surface area (TPSA) is 113 Å². The standard InChI is InChI=1S/C25H22ClFN6O2/c1-12-15(13(2)34)4-5-17-16(12)6-8-20(17)31-25(35)23-21-22(29-11-30-23)24(33-32-21)28-10-14-3-7-19(27)18(26)9-14/h3-5,7,9,11,20H,6,8,10H2,1-2H3,(H,31,35)(H2,28,32,33)/t20-/m0/s1. The third-order valence-electron chi connectivity index (χ3n) is 6.39. The number of anilines is 1. The van der Waals surface area contributed by atoms with Gasteiger partial charge in [-0.2, -0.15) is 5.10 Å². The Morgan fingerprint density at radius 1 is 1.23 bits per heavy atom. The number of rotatable bonds is 6. The van der Waals surface area contributed by atoms with Crippen LogP contribution in [0.1, 0.15) is 62.5 Å². The number of benzene rings is 2. The highest BCUT2D eigenvalue weighted by Crippen LogP contribution is 2.35. The van der Waals surface area contributed by atoms with Gasteiger partial charge in [0.2, 0.25) is 0 Å². The Hall–Kier alpha value is -3.85. The van der Waals surface area contributed by atoms with Gasteiger partial charge in [-0.3, -0.25) is 14.7 Å². The number of halogens is 2. The van der Waals surface area contributed by atoms with E-state index in [1.165, 1.54) is 18.5 Å². The molecule has 0 saturated heterocycles. The summed E-state index contributed by atoms with van der Waals surface area (Å²) in [6.45, 7) is 3.85. The Bertz CT molecular complexity index is 1480. The Balaban J connectivity index is 1.35. The van der Waals surface area contributed by atoms with Crippen LogP contribution in [0, 0.1) is 12.7 Å². The second-order valence-corrected chi connectivity index (χ2v) is 8.95. The molecule has 5 rings (SSSR count). The van der Waals surface area contributed by atoms with E-state index in [0.717, 1.165) is 35.1 Å². The molecule has 10 heteroatoms. The van der Waals surface area contributed by atoms with Gasteiger partial charge in [-0.15, -0.1) is 0 Å². The molecule has 3 N–H and O–H groups in total. The van der Waals surface area contributed by atoms with Crippen molar-refractivity contribution in [3.05, 3.63) is 81.0 Å². The molecule has 35 heavy (non-hydrogen) atoms. The molecule has 1 atom stereocenters. The van der Waals surface area contributed by atoms with Crippen LogP contribution >= 0.6 is 11.6 Å². The predicted octanol–water partition coefficient (Wildman–Crippen LogP) is 4.69. The van der Waals surface area contributed by atoms with Crippen molar-refractivity contribution in [2.24, 2.45) is 0 Å². The van der Waals surface area contributed by atoms with Gasteiger partial charge < -0.3 is 10.6 Å². The number of fused-ring (bicyclic) bond motifs is 2. The normalized spacial score (nSPS) is 14.7. The summed E-state index contributed by atoms with van der Waals surface area (Å²) in [6.07, 6.45) is 2.85. The van der Waals surface area contributed by atoms with Crippen LogP contribution < -0.4 is 10.6 Å². The number of aromatic amines is 1. The summed E-state index contributed by atoms with van der Waals surface area (Å²) < 4.78 is 13.4. The predicted molar refractivity (Wildman–Crippen MR) is 130 cm³/mol. The third-order valence-corrected chi connectivity index (χ3v) is 6.68. The minimum atomic E-state index is -0.483. The zero-order valence-corrected chi connectivity index (χ0v) is 19.8. The Morgan fingerprint density at radius 3 is 2.83 bits per heavy atom. The lowest BCUT2D eigenvalue weighted by Crippen LogP contribution is -2.28. The van der Waals surface area contributed by atoms with Crippen LogP contribution in [0.15, 0.2) is 36.7 Å². The highest BCUT2D eigenvalue weighted by molar-refractivity contribution is 6.30. The Kier molecular flexibility index (Phi) is 5.94. The maximum Gasteiger partial charge on any atom is 0.272 e. The van der Waals surface area contributed by atoms with Crippen LogP contribution in [0.25, 0.3) is 11.0 Å². The van der Waals surface area contributed by atoms with E-state index in [1.807, 2.05) is 19.1 Å². The van der Waals surface area contributed by atoms with Crippen LogP contribution in [0.2, 0.25) is 5.02 Å². The molecular weight excluding hydrogens is 471 g/mol. The lowest BCUT2D eigenvalue weighted by molar-refractivity contribution is 0.0932. The number of nitrogens with one attached hydrogen (secondary N) is 3. The molecule has 1 amide bonds. The maximum absolute atomic E-state index is 13.4. The largest absolute Gasteiger partial charge is 0.363 e. The summed E-state index contributed by atoms with van der Waals surface area (Å²) in [5, 5.41) is 13.3. The second kappa shape index (κ2) is 9.07.